The van der Waals surface area contributed by atoms with E-state index >= 15 is 0 Å². The van der Waals surface area contributed by atoms with Crippen molar-refractivity contribution in [2.45, 2.75) is 30.5 Å². The molecule has 0 radical (unpaired) electrons. The Morgan fingerprint density at radius 3 is 1.90 bits per heavy atom. The van der Waals surface area contributed by atoms with Crippen LogP contribution in [0.5, 0.6) is 23.0 Å². The minimum atomic E-state index is -1.91. The number of hydrogen-bond donors (Lipinski definition) is 5. The first-order valence-electron chi connectivity index (χ1n) is 12.4. The lowest BCUT2D eigenvalue weighted by atomic mass is 9.88. The number of fused-ring (bicyclic) bond motifs is 2. The maximum atomic E-state index is 12.6. The van der Waals surface area contributed by atoms with Crippen LogP contribution in [0.15, 0.2) is 48.6 Å². The van der Waals surface area contributed by atoms with Gasteiger partial charge in [0.05, 0.1) is 19.8 Å². The van der Waals surface area contributed by atoms with Crippen molar-refractivity contribution in [1.82, 2.24) is 0 Å². The predicted octanol–water partition coefficient (Wildman–Crippen LogP) is 1.36. The SMILES string of the molecule is COC(=O)C12CC(COC(=O)/C=C/c3ccc(O)c(O)c3)C(O)C(O1)C(COC(=O)/C=C/c1ccc(O)c(O)c1)O2. The Morgan fingerprint density at radius 2 is 1.39 bits per heavy atom. The van der Waals surface area contributed by atoms with Gasteiger partial charge in [0.2, 0.25) is 0 Å². The van der Waals surface area contributed by atoms with Crippen LogP contribution in [0.4, 0.5) is 0 Å². The predicted molar refractivity (Wildman–Crippen MR) is 138 cm³/mol. The number of carbonyl (C=O) groups is 3. The van der Waals surface area contributed by atoms with Crippen LogP contribution in [0.2, 0.25) is 0 Å². The number of phenolic OH excluding ortho intramolecular Hbond substituents is 4. The molecule has 2 bridgehead atoms. The second-order valence-electron chi connectivity index (χ2n) is 9.36. The summed E-state index contributed by atoms with van der Waals surface area (Å²) < 4.78 is 26.8. The average molecular weight is 573 g/mol. The van der Waals surface area contributed by atoms with E-state index in [1.165, 1.54) is 48.6 Å². The third-order valence-corrected chi connectivity index (χ3v) is 6.53. The van der Waals surface area contributed by atoms with Gasteiger partial charge < -0.3 is 49.2 Å². The largest absolute Gasteiger partial charge is 0.504 e. The van der Waals surface area contributed by atoms with Gasteiger partial charge in [-0.15, -0.1) is 0 Å². The first kappa shape index (κ1) is 29.4. The van der Waals surface area contributed by atoms with Crippen LogP contribution in [0, 0.1) is 5.92 Å². The second kappa shape index (κ2) is 12.3. The smallest absolute Gasteiger partial charge is 0.366 e. The molecular formula is C28H28O13. The monoisotopic (exact) mass is 572 g/mol. The molecule has 2 aromatic carbocycles. The Labute approximate surface area is 233 Å². The molecule has 0 amide bonds. The molecule has 0 aromatic heterocycles. The van der Waals surface area contributed by atoms with E-state index in [9.17, 15) is 39.9 Å². The van der Waals surface area contributed by atoms with Crippen LogP contribution in [-0.4, -0.2) is 87.9 Å². The number of methoxy groups -OCH3 is 1. The molecule has 5 atom stereocenters. The first-order chi connectivity index (χ1) is 19.5. The molecule has 0 spiro atoms. The number of ether oxygens (including phenoxy) is 5. The van der Waals surface area contributed by atoms with Gasteiger partial charge in [0.15, 0.2) is 23.0 Å². The third-order valence-electron chi connectivity index (χ3n) is 6.53. The standard InChI is InChI=1S/C28H28O13/c1-37-27(36)28-12-17(13-38-23(33)8-4-15-2-6-18(29)20(31)10-15)25(35)26(41-28)22(40-28)14-39-24(34)9-5-16-3-7-19(30)21(32)11-16/h2-11,17,22,25-26,29-32,35H,12-14H2,1H3/b8-4+,9-5+. The van der Waals surface area contributed by atoms with Gasteiger partial charge >= 0.3 is 17.9 Å². The summed E-state index contributed by atoms with van der Waals surface area (Å²) in [5.41, 5.74) is 0.843. The number of phenols is 4. The second-order valence-corrected chi connectivity index (χ2v) is 9.36. The van der Waals surface area contributed by atoms with E-state index in [0.717, 1.165) is 19.3 Å². The number of rotatable bonds is 9. The number of benzene rings is 2. The molecular weight excluding hydrogens is 544 g/mol. The summed E-state index contributed by atoms with van der Waals surface area (Å²) in [4.78, 5) is 37.1. The summed E-state index contributed by atoms with van der Waals surface area (Å²) in [5, 5.41) is 48.8. The van der Waals surface area contributed by atoms with Gasteiger partial charge in [-0.2, -0.15) is 0 Å². The minimum absolute atomic E-state index is 0.213. The van der Waals surface area contributed by atoms with E-state index in [4.69, 9.17) is 23.7 Å². The number of aliphatic hydroxyl groups is 1. The van der Waals surface area contributed by atoms with E-state index in [0.29, 0.717) is 11.1 Å². The Kier molecular flexibility index (Phi) is 8.81. The van der Waals surface area contributed by atoms with E-state index < -0.39 is 47.9 Å². The summed E-state index contributed by atoms with van der Waals surface area (Å²) in [6, 6.07) is 7.94. The molecule has 13 nitrogen and oxygen atoms in total. The maximum Gasteiger partial charge on any atom is 0.366 e. The molecule has 2 aliphatic heterocycles. The molecule has 2 aromatic rings. The fourth-order valence-electron chi connectivity index (χ4n) is 4.44. The average Bonchev–Trinajstić information content (AvgIpc) is 3.28. The molecule has 4 rings (SSSR count). The van der Waals surface area contributed by atoms with Crippen molar-refractivity contribution in [3.63, 3.8) is 0 Å². The zero-order chi connectivity index (χ0) is 29.7. The number of esters is 3. The number of hydrogen-bond acceptors (Lipinski definition) is 13. The molecule has 5 N–H and O–H groups in total. The highest BCUT2D eigenvalue weighted by Crippen LogP contribution is 2.44. The van der Waals surface area contributed by atoms with Gasteiger partial charge in [0.1, 0.15) is 18.8 Å². The molecule has 5 unspecified atom stereocenters. The zero-order valence-electron chi connectivity index (χ0n) is 21.7. The topological polar surface area (TPSA) is 199 Å². The zero-order valence-corrected chi connectivity index (χ0v) is 21.7. The molecule has 0 aliphatic carbocycles. The lowest BCUT2D eigenvalue weighted by Gasteiger charge is -2.36. The number of aliphatic hydroxyl groups excluding tert-OH is 1. The van der Waals surface area contributed by atoms with Crippen molar-refractivity contribution < 1.29 is 63.6 Å². The molecule has 2 heterocycles. The minimum Gasteiger partial charge on any atom is -0.504 e. The molecule has 0 saturated carbocycles. The summed E-state index contributed by atoms with van der Waals surface area (Å²) >= 11 is 0. The van der Waals surface area contributed by atoms with E-state index in [1.807, 2.05) is 0 Å². The summed E-state index contributed by atoms with van der Waals surface area (Å²) in [6.07, 6.45) is 1.22. The van der Waals surface area contributed by atoms with Crippen LogP contribution in [-0.2, 0) is 38.1 Å². The van der Waals surface area contributed by atoms with Crippen molar-refractivity contribution in [1.29, 1.82) is 0 Å². The van der Waals surface area contributed by atoms with Crippen molar-refractivity contribution in [3.05, 3.63) is 59.7 Å². The van der Waals surface area contributed by atoms with Crippen LogP contribution < -0.4 is 0 Å². The van der Waals surface area contributed by atoms with Gasteiger partial charge in [0, 0.05) is 24.5 Å². The lowest BCUT2D eigenvalue weighted by Crippen LogP contribution is -2.53. The van der Waals surface area contributed by atoms with Gasteiger partial charge in [0.25, 0.3) is 5.79 Å². The van der Waals surface area contributed by atoms with Crippen molar-refractivity contribution in [2.24, 2.45) is 5.92 Å². The Hall–Kier alpha value is -4.59. The summed E-state index contributed by atoms with van der Waals surface area (Å²) in [7, 11) is 1.13. The van der Waals surface area contributed by atoms with Gasteiger partial charge in [-0.25, -0.2) is 14.4 Å². The van der Waals surface area contributed by atoms with Gasteiger partial charge in [-0.05, 0) is 47.5 Å². The number of aromatic hydroxyl groups is 4. The highest BCUT2D eigenvalue weighted by atomic mass is 16.8. The highest BCUT2D eigenvalue weighted by molar-refractivity contribution is 5.87. The fraction of sp³-hybridized carbons (Fsp3) is 0.321. The summed E-state index contributed by atoms with van der Waals surface area (Å²) in [5.74, 6) is -6.49. The Balaban J connectivity index is 1.36. The van der Waals surface area contributed by atoms with Gasteiger partial charge in [-0.1, -0.05) is 12.1 Å². The van der Waals surface area contributed by atoms with Crippen molar-refractivity contribution in [3.8, 4) is 23.0 Å². The van der Waals surface area contributed by atoms with E-state index in [-0.39, 0.29) is 42.6 Å². The Morgan fingerprint density at radius 1 is 0.854 bits per heavy atom. The number of carbonyl (C=O) groups excluding carboxylic acids is 3. The molecule has 2 saturated heterocycles. The van der Waals surface area contributed by atoms with Crippen LogP contribution in [0.25, 0.3) is 12.2 Å². The molecule has 2 aliphatic rings. The normalized spacial score (nSPS) is 25.3. The lowest BCUT2D eigenvalue weighted by molar-refractivity contribution is -0.241. The van der Waals surface area contributed by atoms with Crippen molar-refractivity contribution >= 4 is 30.1 Å². The van der Waals surface area contributed by atoms with Crippen LogP contribution >= 0.6 is 0 Å². The third kappa shape index (κ3) is 6.77. The molecule has 218 valence electrons. The summed E-state index contributed by atoms with van der Waals surface area (Å²) in [6.45, 7) is -0.693. The van der Waals surface area contributed by atoms with Crippen LogP contribution in [0.3, 0.4) is 0 Å². The Bertz CT molecular complexity index is 1290. The van der Waals surface area contributed by atoms with Crippen molar-refractivity contribution in [2.75, 3.05) is 20.3 Å². The fourth-order valence-corrected chi connectivity index (χ4v) is 4.44. The quantitative estimate of drug-likeness (QED) is 0.125. The van der Waals surface area contributed by atoms with Crippen LogP contribution in [0.1, 0.15) is 17.5 Å². The van der Waals surface area contributed by atoms with E-state index in [1.54, 1.807) is 0 Å². The maximum absolute atomic E-state index is 12.6. The van der Waals surface area contributed by atoms with E-state index in [2.05, 4.69) is 0 Å². The molecule has 2 fully saturated rings. The van der Waals surface area contributed by atoms with Gasteiger partial charge in [-0.3, -0.25) is 0 Å². The first-order valence-corrected chi connectivity index (χ1v) is 12.4. The highest BCUT2D eigenvalue weighted by Gasteiger charge is 2.62. The molecule has 41 heavy (non-hydrogen) atoms. The molecule has 13 heteroatoms.